The average Bonchev–Trinajstić information content (AvgIpc) is 2.64. The lowest BCUT2D eigenvalue weighted by Crippen LogP contribution is -1.98. The Kier molecular flexibility index (Phi) is 2.82. The van der Waals surface area contributed by atoms with Crippen LogP contribution in [0.25, 0.3) is 0 Å². The maximum absolute atomic E-state index is 10.5. The number of carbonyl (C=O) groups excluding carboxylic acids is 1. The zero-order valence-corrected chi connectivity index (χ0v) is 8.99. The molecule has 0 N–H and O–H groups in total. The van der Waals surface area contributed by atoms with E-state index in [0.717, 1.165) is 17.0 Å². The molecule has 4 nitrogen and oxygen atoms in total. The molecule has 0 bridgehead atoms. The lowest BCUT2D eigenvalue weighted by Gasteiger charge is -1.96. The quantitative estimate of drug-likeness (QED) is 0.736. The van der Waals surface area contributed by atoms with Crippen LogP contribution in [-0.2, 0) is 6.42 Å². The third kappa shape index (κ3) is 2.44. The molecule has 0 spiro atoms. The van der Waals surface area contributed by atoms with E-state index in [2.05, 4.69) is 15.0 Å². The van der Waals surface area contributed by atoms with Crippen molar-refractivity contribution in [1.82, 2.24) is 15.0 Å². The van der Waals surface area contributed by atoms with E-state index in [1.165, 1.54) is 0 Å². The van der Waals surface area contributed by atoms with Crippen LogP contribution in [0.1, 0.15) is 27.0 Å². The fraction of sp³-hybridized carbons (Fsp3) is 0.200. The Bertz CT molecular complexity index is 481. The molecule has 0 atom stereocenters. The van der Waals surface area contributed by atoms with Crippen molar-refractivity contribution in [2.24, 2.45) is 0 Å². The van der Waals surface area contributed by atoms with Crippen LogP contribution in [0, 0.1) is 6.92 Å². The van der Waals surface area contributed by atoms with Gasteiger partial charge in [-0.15, -0.1) is 11.3 Å². The molecule has 15 heavy (non-hydrogen) atoms. The normalized spacial score (nSPS) is 10.2. The van der Waals surface area contributed by atoms with Crippen LogP contribution in [0.4, 0.5) is 0 Å². The number of aryl methyl sites for hydroxylation is 1. The molecule has 0 unspecified atom stereocenters. The van der Waals surface area contributed by atoms with Gasteiger partial charge in [0.2, 0.25) is 0 Å². The van der Waals surface area contributed by atoms with Gasteiger partial charge in [0.15, 0.2) is 6.29 Å². The molecule has 0 aromatic carbocycles. The predicted molar refractivity (Wildman–Crippen MR) is 57.1 cm³/mol. The lowest BCUT2D eigenvalue weighted by molar-refractivity contribution is 0.111. The molecule has 0 saturated carbocycles. The topological polar surface area (TPSA) is 55.7 Å². The van der Waals surface area contributed by atoms with Gasteiger partial charge < -0.3 is 0 Å². The van der Waals surface area contributed by atoms with Gasteiger partial charge >= 0.3 is 0 Å². The van der Waals surface area contributed by atoms with Gasteiger partial charge in [-0.25, -0.2) is 15.0 Å². The van der Waals surface area contributed by atoms with Gasteiger partial charge in [0, 0.05) is 17.3 Å². The summed E-state index contributed by atoms with van der Waals surface area (Å²) < 4.78 is 0. The van der Waals surface area contributed by atoms with E-state index in [-0.39, 0.29) is 0 Å². The molecule has 2 aromatic heterocycles. The van der Waals surface area contributed by atoms with Gasteiger partial charge in [-0.1, -0.05) is 0 Å². The van der Waals surface area contributed by atoms with Crippen molar-refractivity contribution in [2.75, 3.05) is 0 Å². The first-order valence-corrected chi connectivity index (χ1v) is 5.34. The van der Waals surface area contributed by atoms with Crippen molar-refractivity contribution < 1.29 is 4.79 Å². The number of carbonyl (C=O) groups is 1. The first-order chi connectivity index (χ1) is 7.28. The molecule has 5 heteroatoms. The SMILES string of the molecule is Cc1csc(Cc2nccc(C=O)n2)n1. The molecule has 2 rings (SSSR count). The summed E-state index contributed by atoms with van der Waals surface area (Å²) >= 11 is 1.58. The van der Waals surface area contributed by atoms with Crippen LogP contribution in [0.5, 0.6) is 0 Å². The lowest BCUT2D eigenvalue weighted by atomic mass is 10.3. The number of aromatic nitrogens is 3. The number of thiazole rings is 1. The zero-order valence-electron chi connectivity index (χ0n) is 8.17. The van der Waals surface area contributed by atoms with E-state index in [4.69, 9.17) is 0 Å². The van der Waals surface area contributed by atoms with Crippen molar-refractivity contribution in [1.29, 1.82) is 0 Å². The standard InChI is InChI=1S/C10H9N3OS/c1-7-6-15-10(12-7)4-9-11-3-2-8(5-14)13-9/h2-3,5-6H,4H2,1H3. The number of nitrogens with zero attached hydrogens (tertiary/aromatic N) is 3. The minimum atomic E-state index is 0.410. The van der Waals surface area contributed by atoms with Crippen LogP contribution >= 0.6 is 11.3 Å². The Morgan fingerprint density at radius 2 is 2.33 bits per heavy atom. The summed E-state index contributed by atoms with van der Waals surface area (Å²) in [6.07, 6.45) is 2.89. The van der Waals surface area contributed by atoms with E-state index in [9.17, 15) is 4.79 Å². The molecular formula is C10H9N3OS. The van der Waals surface area contributed by atoms with E-state index < -0.39 is 0 Å². The summed E-state index contributed by atoms with van der Waals surface area (Å²) in [5, 5.41) is 2.95. The van der Waals surface area contributed by atoms with Gasteiger partial charge in [0.25, 0.3) is 0 Å². The van der Waals surface area contributed by atoms with Gasteiger partial charge in [0.05, 0.1) is 6.42 Å². The smallest absolute Gasteiger partial charge is 0.168 e. The molecule has 76 valence electrons. The highest BCUT2D eigenvalue weighted by Gasteiger charge is 2.03. The Balaban J connectivity index is 2.20. The minimum Gasteiger partial charge on any atom is -0.296 e. The van der Waals surface area contributed by atoms with Gasteiger partial charge in [-0.3, -0.25) is 4.79 Å². The van der Waals surface area contributed by atoms with Crippen LogP contribution in [0.2, 0.25) is 0 Å². The highest BCUT2D eigenvalue weighted by Crippen LogP contribution is 2.11. The highest BCUT2D eigenvalue weighted by atomic mass is 32.1. The first kappa shape index (κ1) is 9.92. The molecule has 0 saturated heterocycles. The van der Waals surface area contributed by atoms with Crippen LogP contribution in [0.15, 0.2) is 17.6 Å². The number of hydrogen-bond acceptors (Lipinski definition) is 5. The summed E-state index contributed by atoms with van der Waals surface area (Å²) in [7, 11) is 0. The summed E-state index contributed by atoms with van der Waals surface area (Å²) in [5.74, 6) is 0.633. The van der Waals surface area contributed by atoms with Crippen molar-refractivity contribution in [2.45, 2.75) is 13.3 Å². The van der Waals surface area contributed by atoms with Gasteiger partial charge in [-0.05, 0) is 13.0 Å². The summed E-state index contributed by atoms with van der Waals surface area (Å²) in [5.41, 5.74) is 1.41. The Hall–Kier alpha value is -1.62. The zero-order chi connectivity index (χ0) is 10.7. The Morgan fingerprint density at radius 1 is 1.47 bits per heavy atom. The second-order valence-corrected chi connectivity index (χ2v) is 4.02. The second kappa shape index (κ2) is 4.27. The fourth-order valence-electron chi connectivity index (χ4n) is 1.18. The van der Waals surface area contributed by atoms with Crippen LogP contribution in [0.3, 0.4) is 0 Å². The number of aldehydes is 1. The number of hydrogen-bond donors (Lipinski definition) is 0. The van der Waals surface area contributed by atoms with Crippen LogP contribution in [-0.4, -0.2) is 21.2 Å². The first-order valence-electron chi connectivity index (χ1n) is 4.46. The molecule has 2 aromatic rings. The Labute approximate surface area is 91.0 Å². The van der Waals surface area contributed by atoms with Crippen molar-refractivity contribution in [3.63, 3.8) is 0 Å². The molecular weight excluding hydrogens is 210 g/mol. The summed E-state index contributed by atoms with van der Waals surface area (Å²) in [6.45, 7) is 1.95. The maximum atomic E-state index is 10.5. The molecule has 2 heterocycles. The van der Waals surface area contributed by atoms with Gasteiger partial charge in [0.1, 0.15) is 16.5 Å². The highest BCUT2D eigenvalue weighted by molar-refractivity contribution is 7.09. The largest absolute Gasteiger partial charge is 0.296 e. The molecule has 0 fully saturated rings. The average molecular weight is 219 g/mol. The number of rotatable bonds is 3. The van der Waals surface area contributed by atoms with E-state index in [1.54, 1.807) is 23.6 Å². The van der Waals surface area contributed by atoms with E-state index >= 15 is 0 Å². The molecule has 0 amide bonds. The maximum Gasteiger partial charge on any atom is 0.168 e. The summed E-state index contributed by atoms with van der Waals surface area (Å²) in [6, 6.07) is 1.59. The van der Waals surface area contributed by atoms with Crippen molar-refractivity contribution in [3.05, 3.63) is 39.9 Å². The molecule has 0 aliphatic rings. The molecule has 0 aliphatic heterocycles. The van der Waals surface area contributed by atoms with Crippen molar-refractivity contribution in [3.8, 4) is 0 Å². The third-order valence-corrected chi connectivity index (χ3v) is 2.79. The third-order valence-electron chi connectivity index (χ3n) is 1.82. The van der Waals surface area contributed by atoms with E-state index in [0.29, 0.717) is 17.9 Å². The predicted octanol–water partition coefficient (Wildman–Crippen LogP) is 1.64. The summed E-state index contributed by atoms with van der Waals surface area (Å²) in [4.78, 5) is 23.0. The second-order valence-electron chi connectivity index (χ2n) is 3.07. The van der Waals surface area contributed by atoms with Gasteiger partial charge in [-0.2, -0.15) is 0 Å². The fourth-order valence-corrected chi connectivity index (χ4v) is 1.95. The minimum absolute atomic E-state index is 0.410. The molecule has 0 aliphatic carbocycles. The molecule has 0 radical (unpaired) electrons. The Morgan fingerprint density at radius 3 is 3.00 bits per heavy atom. The van der Waals surface area contributed by atoms with Crippen molar-refractivity contribution >= 4 is 17.6 Å². The van der Waals surface area contributed by atoms with E-state index in [1.807, 2.05) is 12.3 Å². The van der Waals surface area contributed by atoms with Crippen LogP contribution < -0.4 is 0 Å². The monoisotopic (exact) mass is 219 g/mol.